The van der Waals surface area contributed by atoms with Gasteiger partial charge in [-0.1, -0.05) is 18.2 Å². The molecule has 0 aromatic heterocycles. The molecule has 2 aliphatic rings. The molecule has 0 radical (unpaired) electrons. The minimum absolute atomic E-state index is 0.398. The van der Waals surface area contributed by atoms with E-state index >= 15 is 0 Å². The molecule has 1 aromatic rings. The zero-order valence-corrected chi connectivity index (χ0v) is 11.1. The highest BCUT2D eigenvalue weighted by Crippen LogP contribution is 2.45. The van der Waals surface area contributed by atoms with Gasteiger partial charge in [0.25, 0.3) is 0 Å². The van der Waals surface area contributed by atoms with E-state index in [1.807, 2.05) is 18.2 Å². The molecule has 1 saturated heterocycles. The Kier molecular flexibility index (Phi) is 3.25. The molecule has 19 heavy (non-hydrogen) atoms. The Bertz CT molecular complexity index is 456. The molecule has 0 amide bonds. The minimum atomic E-state index is -0.784. The molecule has 1 fully saturated rings. The lowest BCUT2D eigenvalue weighted by molar-refractivity contribution is -0.157. The molecule has 2 aliphatic heterocycles. The maximum atomic E-state index is 11.0. The molecular weight excluding hydrogens is 242 g/mol. The van der Waals surface area contributed by atoms with Crippen molar-refractivity contribution in [1.29, 1.82) is 0 Å². The van der Waals surface area contributed by atoms with E-state index in [0.29, 0.717) is 39.2 Å². The summed E-state index contributed by atoms with van der Waals surface area (Å²) in [6.07, 6.45) is 2.04. The molecule has 0 saturated carbocycles. The summed E-state index contributed by atoms with van der Waals surface area (Å²) in [4.78, 5) is 0. The molecule has 1 unspecified atom stereocenters. The molecule has 2 heterocycles. The van der Waals surface area contributed by atoms with Crippen molar-refractivity contribution in [2.24, 2.45) is 11.1 Å². The van der Waals surface area contributed by atoms with Crippen molar-refractivity contribution in [3.63, 3.8) is 0 Å². The summed E-state index contributed by atoms with van der Waals surface area (Å²) in [5.74, 6) is 0.919. The fraction of sp³-hybridized carbons (Fsp3) is 0.600. The van der Waals surface area contributed by atoms with Crippen LogP contribution in [-0.2, 0) is 11.2 Å². The zero-order valence-electron chi connectivity index (χ0n) is 11.1. The summed E-state index contributed by atoms with van der Waals surface area (Å²) in [7, 11) is 0. The summed E-state index contributed by atoms with van der Waals surface area (Å²) < 4.78 is 11.2. The van der Waals surface area contributed by atoms with Crippen LogP contribution in [-0.4, -0.2) is 37.1 Å². The molecular formula is C15H21NO3. The first kappa shape index (κ1) is 12.9. The van der Waals surface area contributed by atoms with Crippen LogP contribution in [0, 0.1) is 5.41 Å². The first-order valence-electron chi connectivity index (χ1n) is 6.90. The Hall–Kier alpha value is -1.10. The third kappa shape index (κ3) is 2.04. The van der Waals surface area contributed by atoms with Crippen LogP contribution < -0.4 is 10.5 Å². The van der Waals surface area contributed by atoms with Crippen LogP contribution in [0.5, 0.6) is 5.75 Å². The molecule has 0 aliphatic carbocycles. The highest BCUT2D eigenvalue weighted by Gasteiger charge is 2.52. The van der Waals surface area contributed by atoms with Crippen molar-refractivity contribution in [2.75, 3.05) is 26.4 Å². The van der Waals surface area contributed by atoms with Crippen LogP contribution in [0.1, 0.15) is 18.4 Å². The maximum Gasteiger partial charge on any atom is 0.122 e. The van der Waals surface area contributed by atoms with Crippen LogP contribution >= 0.6 is 0 Å². The van der Waals surface area contributed by atoms with Crippen LogP contribution in [0.15, 0.2) is 24.3 Å². The highest BCUT2D eigenvalue weighted by atomic mass is 16.5. The van der Waals surface area contributed by atoms with E-state index in [2.05, 4.69) is 6.07 Å². The van der Waals surface area contributed by atoms with Gasteiger partial charge in [0.15, 0.2) is 0 Å². The summed E-state index contributed by atoms with van der Waals surface area (Å²) in [5.41, 5.74) is 5.99. The van der Waals surface area contributed by atoms with Crippen molar-refractivity contribution >= 4 is 0 Å². The first-order valence-corrected chi connectivity index (χ1v) is 6.90. The number of hydrogen-bond acceptors (Lipinski definition) is 4. The number of rotatable bonds is 2. The Morgan fingerprint density at radius 1 is 1.21 bits per heavy atom. The third-order valence-electron chi connectivity index (χ3n) is 4.70. The van der Waals surface area contributed by atoms with Crippen molar-refractivity contribution in [3.8, 4) is 5.75 Å². The van der Waals surface area contributed by atoms with Crippen molar-refractivity contribution < 1.29 is 14.6 Å². The third-order valence-corrected chi connectivity index (χ3v) is 4.70. The average Bonchev–Trinajstić information content (AvgIpc) is 2.47. The summed E-state index contributed by atoms with van der Waals surface area (Å²) in [5, 5.41) is 11.0. The monoisotopic (exact) mass is 263 g/mol. The van der Waals surface area contributed by atoms with Crippen LogP contribution in [0.25, 0.3) is 0 Å². The Morgan fingerprint density at radius 2 is 1.95 bits per heavy atom. The van der Waals surface area contributed by atoms with Crippen LogP contribution in [0.3, 0.4) is 0 Å². The second-order valence-electron chi connectivity index (χ2n) is 5.70. The number of aliphatic hydroxyl groups is 1. The molecule has 3 rings (SSSR count). The molecule has 1 aromatic carbocycles. The van der Waals surface area contributed by atoms with Crippen molar-refractivity contribution in [1.82, 2.24) is 0 Å². The Labute approximate surface area is 113 Å². The lowest BCUT2D eigenvalue weighted by Crippen LogP contribution is -2.60. The highest BCUT2D eigenvalue weighted by molar-refractivity contribution is 5.37. The van der Waals surface area contributed by atoms with Crippen molar-refractivity contribution in [3.05, 3.63) is 29.8 Å². The maximum absolute atomic E-state index is 11.0. The normalized spacial score (nSPS) is 29.4. The first-order chi connectivity index (χ1) is 9.19. The quantitative estimate of drug-likeness (QED) is 0.839. The predicted molar refractivity (Wildman–Crippen MR) is 72.1 cm³/mol. The summed E-state index contributed by atoms with van der Waals surface area (Å²) >= 11 is 0. The number of para-hydroxylation sites is 1. The van der Waals surface area contributed by atoms with Crippen molar-refractivity contribution in [2.45, 2.75) is 24.9 Å². The van der Waals surface area contributed by atoms with Gasteiger partial charge in [-0.15, -0.1) is 0 Å². The average molecular weight is 263 g/mol. The lowest BCUT2D eigenvalue weighted by Gasteiger charge is -2.50. The van der Waals surface area contributed by atoms with Gasteiger partial charge in [0.2, 0.25) is 0 Å². The van der Waals surface area contributed by atoms with E-state index in [9.17, 15) is 5.11 Å². The van der Waals surface area contributed by atoms with Gasteiger partial charge in [-0.2, -0.15) is 0 Å². The Balaban J connectivity index is 1.93. The summed E-state index contributed by atoms with van der Waals surface area (Å²) in [6.45, 7) is 2.11. The number of benzene rings is 1. The fourth-order valence-corrected chi connectivity index (χ4v) is 3.28. The van der Waals surface area contributed by atoms with Gasteiger partial charge in [0.1, 0.15) is 5.75 Å². The topological polar surface area (TPSA) is 64.7 Å². The van der Waals surface area contributed by atoms with E-state index in [1.54, 1.807) is 0 Å². The fourth-order valence-electron chi connectivity index (χ4n) is 3.28. The molecule has 3 N–H and O–H groups in total. The number of fused-ring (bicyclic) bond motifs is 1. The molecule has 104 valence electrons. The second-order valence-corrected chi connectivity index (χ2v) is 5.70. The van der Waals surface area contributed by atoms with Crippen LogP contribution in [0.2, 0.25) is 0 Å². The SMILES string of the molecule is NCC1(C2(O)CCOCC2)COc2ccccc2C1. The standard InChI is InChI=1S/C15H21NO3/c16-10-14(15(17)5-7-18-8-6-15)9-12-3-1-2-4-13(12)19-11-14/h1-4,17H,5-11,16H2. The second kappa shape index (κ2) is 4.78. The van der Waals surface area contributed by atoms with Crippen LogP contribution in [0.4, 0.5) is 0 Å². The predicted octanol–water partition coefficient (Wildman–Crippen LogP) is 1.11. The number of hydrogen-bond donors (Lipinski definition) is 2. The van der Waals surface area contributed by atoms with Gasteiger partial charge in [-0.05, 0) is 18.1 Å². The van der Waals surface area contributed by atoms with E-state index in [1.165, 1.54) is 0 Å². The van der Waals surface area contributed by atoms with E-state index in [-0.39, 0.29) is 0 Å². The van der Waals surface area contributed by atoms with E-state index < -0.39 is 11.0 Å². The lowest BCUT2D eigenvalue weighted by atomic mass is 9.64. The molecule has 1 atom stereocenters. The van der Waals surface area contributed by atoms with Gasteiger partial charge in [0, 0.05) is 38.0 Å². The van der Waals surface area contributed by atoms with Gasteiger partial charge < -0.3 is 20.3 Å². The number of ether oxygens (including phenoxy) is 2. The van der Waals surface area contributed by atoms with Gasteiger partial charge in [-0.25, -0.2) is 0 Å². The van der Waals surface area contributed by atoms with Gasteiger partial charge >= 0.3 is 0 Å². The Morgan fingerprint density at radius 3 is 2.68 bits per heavy atom. The van der Waals surface area contributed by atoms with Gasteiger partial charge in [-0.3, -0.25) is 0 Å². The minimum Gasteiger partial charge on any atom is -0.493 e. The molecule has 0 bridgehead atoms. The number of nitrogens with two attached hydrogens (primary N) is 1. The molecule has 4 nitrogen and oxygen atoms in total. The summed E-state index contributed by atoms with van der Waals surface area (Å²) in [6, 6.07) is 8.01. The molecule has 4 heteroatoms. The van der Waals surface area contributed by atoms with Gasteiger partial charge in [0.05, 0.1) is 12.2 Å². The van der Waals surface area contributed by atoms with E-state index in [0.717, 1.165) is 17.7 Å². The smallest absolute Gasteiger partial charge is 0.122 e. The largest absolute Gasteiger partial charge is 0.493 e. The molecule has 0 spiro atoms. The zero-order chi connectivity index (χ0) is 13.3. The van der Waals surface area contributed by atoms with E-state index in [4.69, 9.17) is 15.2 Å².